The smallest absolute Gasteiger partial charge is 0.310 e. The molecule has 0 aromatic rings. The summed E-state index contributed by atoms with van der Waals surface area (Å²) in [5.41, 5.74) is -1.03. The second-order valence-electron chi connectivity index (χ2n) is 4.67. The quantitative estimate of drug-likeness (QED) is 0.699. The minimum Gasteiger partial charge on any atom is -0.481 e. The highest BCUT2D eigenvalue weighted by Crippen LogP contribution is 2.59. The number of rotatable bonds is 2. The Hall–Kier alpha value is -1.06. The summed E-state index contributed by atoms with van der Waals surface area (Å²) in [5, 5.41) is 18.2. The average Bonchev–Trinajstić information content (AvgIpc) is 2.61. The van der Waals surface area contributed by atoms with Gasteiger partial charge in [0.05, 0.1) is 11.3 Å². The predicted molar refractivity (Wildman–Crippen MR) is 47.7 cm³/mol. The summed E-state index contributed by atoms with van der Waals surface area (Å²) in [4.78, 5) is 22.2. The summed E-state index contributed by atoms with van der Waals surface area (Å²) in [6, 6.07) is 0. The van der Waals surface area contributed by atoms with Gasteiger partial charge in [-0.2, -0.15) is 0 Å². The first kappa shape index (κ1) is 9.49. The zero-order valence-corrected chi connectivity index (χ0v) is 8.06. The van der Waals surface area contributed by atoms with E-state index in [4.69, 9.17) is 10.2 Å². The molecule has 4 heteroatoms. The molecule has 2 aliphatic rings. The van der Waals surface area contributed by atoms with Gasteiger partial charge < -0.3 is 10.2 Å². The summed E-state index contributed by atoms with van der Waals surface area (Å²) in [6.07, 6.45) is 2.53. The van der Waals surface area contributed by atoms with Crippen molar-refractivity contribution in [2.75, 3.05) is 0 Å². The van der Waals surface area contributed by atoms with Crippen LogP contribution in [0.4, 0.5) is 0 Å². The van der Waals surface area contributed by atoms with Crippen LogP contribution in [0.5, 0.6) is 0 Å². The molecule has 2 saturated carbocycles. The van der Waals surface area contributed by atoms with Gasteiger partial charge in [0, 0.05) is 0 Å². The van der Waals surface area contributed by atoms with E-state index in [1.165, 1.54) is 0 Å². The van der Waals surface area contributed by atoms with Crippen LogP contribution in [-0.4, -0.2) is 22.2 Å². The minimum absolute atomic E-state index is 0.0612. The number of fused-ring (bicyclic) bond motifs is 2. The number of carboxylic acid groups (broad SMARTS) is 2. The van der Waals surface area contributed by atoms with Crippen molar-refractivity contribution in [3.05, 3.63) is 0 Å². The average molecular weight is 198 g/mol. The second kappa shape index (κ2) is 2.72. The molecule has 0 heterocycles. The Morgan fingerprint density at radius 1 is 1.29 bits per heavy atom. The largest absolute Gasteiger partial charge is 0.481 e. The fourth-order valence-electron chi connectivity index (χ4n) is 3.37. The van der Waals surface area contributed by atoms with Gasteiger partial charge in [-0.25, -0.2) is 0 Å². The molecular weight excluding hydrogens is 184 g/mol. The lowest BCUT2D eigenvalue weighted by Gasteiger charge is -2.34. The van der Waals surface area contributed by atoms with Gasteiger partial charge in [0.2, 0.25) is 0 Å². The monoisotopic (exact) mass is 198 g/mol. The van der Waals surface area contributed by atoms with Crippen molar-refractivity contribution in [1.29, 1.82) is 0 Å². The van der Waals surface area contributed by atoms with Gasteiger partial charge in [-0.1, -0.05) is 0 Å². The molecule has 0 saturated heterocycles. The predicted octanol–water partition coefficient (Wildman–Crippen LogP) is 1.21. The SMILES string of the molecule is C[C@]1(C(=O)O)[C@@H]2CC[C@@H](C2)[C@@H]1C(=O)O. The lowest BCUT2D eigenvalue weighted by molar-refractivity contribution is -0.165. The van der Waals surface area contributed by atoms with E-state index < -0.39 is 23.3 Å². The molecule has 2 rings (SSSR count). The fourth-order valence-corrected chi connectivity index (χ4v) is 3.37. The molecule has 2 aliphatic carbocycles. The molecule has 2 N–H and O–H groups in total. The molecule has 4 atom stereocenters. The van der Waals surface area contributed by atoms with Crippen molar-refractivity contribution in [2.24, 2.45) is 23.2 Å². The van der Waals surface area contributed by atoms with Crippen molar-refractivity contribution >= 4 is 11.9 Å². The first-order valence-electron chi connectivity index (χ1n) is 4.94. The lowest BCUT2D eigenvalue weighted by atomic mass is 9.67. The number of hydrogen-bond donors (Lipinski definition) is 2. The van der Waals surface area contributed by atoms with E-state index in [1.54, 1.807) is 6.92 Å². The van der Waals surface area contributed by atoms with Gasteiger partial charge in [0.25, 0.3) is 0 Å². The Kier molecular flexibility index (Phi) is 1.84. The van der Waals surface area contributed by atoms with Gasteiger partial charge in [-0.05, 0) is 38.0 Å². The van der Waals surface area contributed by atoms with Gasteiger partial charge in [0.15, 0.2) is 0 Å². The highest BCUT2D eigenvalue weighted by Gasteiger charge is 2.62. The van der Waals surface area contributed by atoms with Gasteiger partial charge >= 0.3 is 11.9 Å². The highest BCUT2D eigenvalue weighted by atomic mass is 16.4. The fraction of sp³-hybridized carbons (Fsp3) is 0.800. The molecule has 14 heavy (non-hydrogen) atoms. The molecule has 0 aromatic heterocycles. The van der Waals surface area contributed by atoms with Gasteiger partial charge in [-0.15, -0.1) is 0 Å². The van der Waals surface area contributed by atoms with Crippen LogP contribution in [0.15, 0.2) is 0 Å². The van der Waals surface area contributed by atoms with E-state index in [9.17, 15) is 9.59 Å². The molecule has 0 aliphatic heterocycles. The zero-order valence-electron chi connectivity index (χ0n) is 8.06. The first-order valence-corrected chi connectivity index (χ1v) is 4.94. The minimum atomic E-state index is -1.03. The third-order valence-electron chi connectivity index (χ3n) is 4.17. The molecule has 0 unspecified atom stereocenters. The molecule has 2 bridgehead atoms. The Bertz CT molecular complexity index is 298. The van der Waals surface area contributed by atoms with Crippen molar-refractivity contribution < 1.29 is 19.8 Å². The Labute approximate surface area is 81.9 Å². The summed E-state index contributed by atoms with van der Waals surface area (Å²) in [5.74, 6) is -2.43. The molecule has 0 spiro atoms. The van der Waals surface area contributed by atoms with E-state index in [0.717, 1.165) is 19.3 Å². The Balaban J connectivity index is 2.39. The molecule has 0 radical (unpaired) electrons. The van der Waals surface area contributed by atoms with Crippen molar-refractivity contribution in [2.45, 2.75) is 26.2 Å². The molecule has 0 amide bonds. The molecule has 4 nitrogen and oxygen atoms in total. The molecular formula is C10H14O4. The maximum Gasteiger partial charge on any atom is 0.310 e. The summed E-state index contributed by atoms with van der Waals surface area (Å²) < 4.78 is 0. The van der Waals surface area contributed by atoms with E-state index in [0.29, 0.717) is 0 Å². The summed E-state index contributed by atoms with van der Waals surface area (Å²) in [6.45, 7) is 1.60. The molecule has 2 fully saturated rings. The van der Waals surface area contributed by atoms with E-state index in [-0.39, 0.29) is 11.8 Å². The van der Waals surface area contributed by atoms with Gasteiger partial charge in [-0.3, -0.25) is 9.59 Å². The third-order valence-corrected chi connectivity index (χ3v) is 4.17. The summed E-state index contributed by atoms with van der Waals surface area (Å²) in [7, 11) is 0. The second-order valence-corrected chi connectivity index (χ2v) is 4.67. The van der Waals surface area contributed by atoms with Crippen molar-refractivity contribution in [1.82, 2.24) is 0 Å². The number of carbonyl (C=O) groups is 2. The van der Waals surface area contributed by atoms with Crippen LogP contribution in [0.25, 0.3) is 0 Å². The van der Waals surface area contributed by atoms with Crippen LogP contribution in [0.1, 0.15) is 26.2 Å². The maximum atomic E-state index is 11.2. The van der Waals surface area contributed by atoms with Crippen LogP contribution in [-0.2, 0) is 9.59 Å². The number of hydrogen-bond acceptors (Lipinski definition) is 2. The normalized spacial score (nSPS) is 45.4. The van der Waals surface area contributed by atoms with Crippen LogP contribution in [0, 0.1) is 23.2 Å². The van der Waals surface area contributed by atoms with Crippen LogP contribution < -0.4 is 0 Å². The van der Waals surface area contributed by atoms with Gasteiger partial charge in [0.1, 0.15) is 0 Å². The van der Waals surface area contributed by atoms with Crippen molar-refractivity contribution in [3.8, 4) is 0 Å². The summed E-state index contributed by atoms with van der Waals surface area (Å²) >= 11 is 0. The standard InChI is InChI=1S/C10H14O4/c1-10(9(13)14)6-3-2-5(4-6)7(10)8(11)12/h5-7H,2-4H2,1H3,(H,11,12)(H,13,14)/t5-,6+,7+,10-/m0/s1. The lowest BCUT2D eigenvalue weighted by Crippen LogP contribution is -2.44. The van der Waals surface area contributed by atoms with Crippen molar-refractivity contribution in [3.63, 3.8) is 0 Å². The first-order chi connectivity index (χ1) is 6.48. The molecule has 78 valence electrons. The van der Waals surface area contributed by atoms with E-state index >= 15 is 0 Å². The zero-order chi connectivity index (χ0) is 10.5. The van der Waals surface area contributed by atoms with E-state index in [2.05, 4.69) is 0 Å². The van der Waals surface area contributed by atoms with Crippen LogP contribution >= 0.6 is 0 Å². The Morgan fingerprint density at radius 3 is 2.36 bits per heavy atom. The number of carboxylic acids is 2. The Morgan fingerprint density at radius 2 is 1.93 bits per heavy atom. The maximum absolute atomic E-state index is 11.2. The third kappa shape index (κ3) is 0.938. The number of aliphatic carboxylic acids is 2. The molecule has 0 aromatic carbocycles. The van der Waals surface area contributed by atoms with E-state index in [1.807, 2.05) is 0 Å². The highest BCUT2D eigenvalue weighted by molar-refractivity contribution is 5.84. The van der Waals surface area contributed by atoms with Crippen LogP contribution in [0.3, 0.4) is 0 Å². The topological polar surface area (TPSA) is 74.6 Å². The van der Waals surface area contributed by atoms with Crippen LogP contribution in [0.2, 0.25) is 0 Å².